The van der Waals surface area contributed by atoms with Gasteiger partial charge in [0.2, 0.25) is 0 Å². The summed E-state index contributed by atoms with van der Waals surface area (Å²) < 4.78 is 13.5. The Morgan fingerprint density at radius 1 is 1.22 bits per heavy atom. The predicted octanol–water partition coefficient (Wildman–Crippen LogP) is 4.15. The van der Waals surface area contributed by atoms with Gasteiger partial charge in [0.1, 0.15) is 5.82 Å². The molecule has 0 bridgehead atoms. The molecular formula is C14H10ClFO2. The van der Waals surface area contributed by atoms with Crippen molar-refractivity contribution in [2.75, 3.05) is 0 Å². The minimum absolute atomic E-state index is 0.328. The van der Waals surface area contributed by atoms with Crippen molar-refractivity contribution < 1.29 is 14.3 Å². The molecule has 4 heteroatoms. The number of rotatable bonds is 2. The van der Waals surface area contributed by atoms with Crippen LogP contribution in [0.2, 0.25) is 5.02 Å². The van der Waals surface area contributed by atoms with Crippen LogP contribution in [0.5, 0.6) is 0 Å². The van der Waals surface area contributed by atoms with Crippen LogP contribution in [0.25, 0.3) is 11.1 Å². The first-order valence-electron chi connectivity index (χ1n) is 5.28. The molecule has 0 saturated carbocycles. The van der Waals surface area contributed by atoms with Crippen molar-refractivity contribution in [2.24, 2.45) is 0 Å². The Morgan fingerprint density at radius 2 is 1.83 bits per heavy atom. The molecule has 0 fully saturated rings. The van der Waals surface area contributed by atoms with E-state index < -0.39 is 11.8 Å². The van der Waals surface area contributed by atoms with Crippen LogP contribution in [0.1, 0.15) is 15.9 Å². The SMILES string of the molecule is Cc1cc(F)c(C(=O)O)cc1-c1ccc(Cl)cc1. The Bertz CT molecular complexity index is 606. The van der Waals surface area contributed by atoms with E-state index in [1.54, 1.807) is 31.2 Å². The molecule has 2 aromatic rings. The van der Waals surface area contributed by atoms with Gasteiger partial charge < -0.3 is 5.11 Å². The molecule has 0 unspecified atom stereocenters. The number of carboxylic acid groups (broad SMARTS) is 1. The van der Waals surface area contributed by atoms with E-state index in [1.807, 2.05) is 0 Å². The predicted molar refractivity (Wildman–Crippen MR) is 68.5 cm³/mol. The second-order valence-electron chi connectivity index (χ2n) is 3.96. The van der Waals surface area contributed by atoms with Crippen LogP contribution in [0.3, 0.4) is 0 Å². The van der Waals surface area contributed by atoms with E-state index in [1.165, 1.54) is 12.1 Å². The zero-order chi connectivity index (χ0) is 13.3. The second kappa shape index (κ2) is 4.78. The van der Waals surface area contributed by atoms with E-state index in [2.05, 4.69) is 0 Å². The van der Waals surface area contributed by atoms with Crippen LogP contribution in [-0.2, 0) is 0 Å². The molecule has 0 radical (unpaired) electrons. The molecule has 0 aliphatic carbocycles. The average molecular weight is 265 g/mol. The first kappa shape index (κ1) is 12.6. The summed E-state index contributed by atoms with van der Waals surface area (Å²) in [6, 6.07) is 9.53. The van der Waals surface area contributed by atoms with Gasteiger partial charge >= 0.3 is 5.97 Å². The van der Waals surface area contributed by atoms with Crippen molar-refractivity contribution in [2.45, 2.75) is 6.92 Å². The number of aromatic carboxylic acids is 1. The highest BCUT2D eigenvalue weighted by molar-refractivity contribution is 6.30. The molecule has 2 aromatic carbocycles. The van der Waals surface area contributed by atoms with E-state index in [0.717, 1.165) is 5.56 Å². The normalized spacial score (nSPS) is 10.4. The van der Waals surface area contributed by atoms with Gasteiger partial charge in [-0.25, -0.2) is 9.18 Å². The van der Waals surface area contributed by atoms with Crippen molar-refractivity contribution in [1.82, 2.24) is 0 Å². The molecule has 2 rings (SSSR count). The lowest BCUT2D eigenvalue weighted by Gasteiger charge is -2.08. The van der Waals surface area contributed by atoms with Gasteiger partial charge in [0.05, 0.1) is 5.56 Å². The molecule has 92 valence electrons. The van der Waals surface area contributed by atoms with Gasteiger partial charge in [0, 0.05) is 5.02 Å². The number of carboxylic acids is 1. The average Bonchev–Trinajstić information content (AvgIpc) is 2.30. The molecule has 0 aromatic heterocycles. The summed E-state index contributed by atoms with van der Waals surface area (Å²) in [5.41, 5.74) is 1.84. The molecule has 2 nitrogen and oxygen atoms in total. The van der Waals surface area contributed by atoms with Gasteiger partial charge in [0.15, 0.2) is 0 Å². The second-order valence-corrected chi connectivity index (χ2v) is 4.40. The number of benzene rings is 2. The third-order valence-electron chi connectivity index (χ3n) is 2.70. The third-order valence-corrected chi connectivity index (χ3v) is 2.95. The minimum atomic E-state index is -1.28. The summed E-state index contributed by atoms with van der Waals surface area (Å²) in [4.78, 5) is 10.9. The number of hydrogen-bond donors (Lipinski definition) is 1. The summed E-state index contributed by atoms with van der Waals surface area (Å²) in [5.74, 6) is -2.00. The molecule has 0 heterocycles. The van der Waals surface area contributed by atoms with E-state index in [-0.39, 0.29) is 5.56 Å². The van der Waals surface area contributed by atoms with Crippen LogP contribution in [0.4, 0.5) is 4.39 Å². The lowest BCUT2D eigenvalue weighted by atomic mass is 9.98. The molecule has 0 amide bonds. The van der Waals surface area contributed by atoms with Gasteiger partial charge in [-0.1, -0.05) is 23.7 Å². The van der Waals surface area contributed by atoms with Gasteiger partial charge in [-0.3, -0.25) is 0 Å². The van der Waals surface area contributed by atoms with Gasteiger partial charge in [-0.15, -0.1) is 0 Å². The third kappa shape index (κ3) is 2.36. The van der Waals surface area contributed by atoms with Crippen molar-refractivity contribution in [3.05, 3.63) is 58.4 Å². The van der Waals surface area contributed by atoms with Crippen LogP contribution < -0.4 is 0 Å². The zero-order valence-electron chi connectivity index (χ0n) is 9.58. The monoisotopic (exact) mass is 264 g/mol. The Hall–Kier alpha value is -1.87. The molecule has 0 spiro atoms. The summed E-state index contributed by atoms with van der Waals surface area (Å²) in [7, 11) is 0. The highest BCUT2D eigenvalue weighted by Gasteiger charge is 2.14. The molecule has 0 atom stereocenters. The molecular weight excluding hydrogens is 255 g/mol. The molecule has 0 aliphatic rings. The number of aryl methyl sites for hydroxylation is 1. The van der Waals surface area contributed by atoms with Crippen LogP contribution in [0, 0.1) is 12.7 Å². The quantitative estimate of drug-likeness (QED) is 0.885. The Labute approximate surface area is 109 Å². The maximum atomic E-state index is 13.5. The summed E-state index contributed by atoms with van der Waals surface area (Å²) >= 11 is 5.79. The Balaban J connectivity index is 2.60. The minimum Gasteiger partial charge on any atom is -0.478 e. The first-order valence-corrected chi connectivity index (χ1v) is 5.66. The van der Waals surface area contributed by atoms with Gasteiger partial charge in [-0.05, 0) is 47.9 Å². The Kier molecular flexibility index (Phi) is 3.34. The summed E-state index contributed by atoms with van der Waals surface area (Å²) in [5, 5.41) is 9.51. The lowest BCUT2D eigenvalue weighted by molar-refractivity contribution is 0.0692. The van der Waals surface area contributed by atoms with Crippen molar-refractivity contribution in [3.8, 4) is 11.1 Å². The number of hydrogen-bond acceptors (Lipinski definition) is 1. The zero-order valence-corrected chi connectivity index (χ0v) is 10.3. The smallest absolute Gasteiger partial charge is 0.338 e. The topological polar surface area (TPSA) is 37.3 Å². The molecule has 0 saturated heterocycles. The number of halogens is 2. The van der Waals surface area contributed by atoms with Crippen molar-refractivity contribution >= 4 is 17.6 Å². The fourth-order valence-electron chi connectivity index (χ4n) is 1.78. The van der Waals surface area contributed by atoms with Crippen molar-refractivity contribution in [3.63, 3.8) is 0 Å². The fourth-order valence-corrected chi connectivity index (χ4v) is 1.90. The summed E-state index contributed by atoms with van der Waals surface area (Å²) in [6.45, 7) is 1.73. The lowest BCUT2D eigenvalue weighted by Crippen LogP contribution is -2.02. The van der Waals surface area contributed by atoms with Crippen LogP contribution in [0.15, 0.2) is 36.4 Å². The van der Waals surface area contributed by atoms with E-state index in [4.69, 9.17) is 16.7 Å². The van der Waals surface area contributed by atoms with Crippen LogP contribution >= 0.6 is 11.6 Å². The fraction of sp³-hybridized carbons (Fsp3) is 0.0714. The maximum absolute atomic E-state index is 13.5. The largest absolute Gasteiger partial charge is 0.478 e. The van der Waals surface area contributed by atoms with Crippen LogP contribution in [-0.4, -0.2) is 11.1 Å². The standard InChI is InChI=1S/C14H10ClFO2/c1-8-6-13(16)12(14(17)18)7-11(8)9-2-4-10(15)5-3-9/h2-7H,1H3,(H,17,18). The highest BCUT2D eigenvalue weighted by atomic mass is 35.5. The molecule has 0 aliphatic heterocycles. The summed E-state index contributed by atoms with van der Waals surface area (Å²) in [6.07, 6.45) is 0. The Morgan fingerprint density at radius 3 is 2.39 bits per heavy atom. The van der Waals surface area contributed by atoms with E-state index in [0.29, 0.717) is 16.1 Å². The molecule has 18 heavy (non-hydrogen) atoms. The highest BCUT2D eigenvalue weighted by Crippen LogP contribution is 2.27. The van der Waals surface area contributed by atoms with Crippen molar-refractivity contribution in [1.29, 1.82) is 0 Å². The number of carbonyl (C=O) groups is 1. The first-order chi connectivity index (χ1) is 8.49. The molecule has 1 N–H and O–H groups in total. The maximum Gasteiger partial charge on any atom is 0.338 e. The van der Waals surface area contributed by atoms with Gasteiger partial charge in [0.25, 0.3) is 0 Å². The van der Waals surface area contributed by atoms with E-state index >= 15 is 0 Å². The van der Waals surface area contributed by atoms with E-state index in [9.17, 15) is 9.18 Å². The van der Waals surface area contributed by atoms with Gasteiger partial charge in [-0.2, -0.15) is 0 Å².